The van der Waals surface area contributed by atoms with E-state index in [1.807, 2.05) is 62.4 Å². The Hall–Kier alpha value is -4.50. The average molecular weight is 600 g/mol. The van der Waals surface area contributed by atoms with Crippen molar-refractivity contribution < 1.29 is 28.7 Å². The van der Waals surface area contributed by atoms with Gasteiger partial charge in [-0.25, -0.2) is 4.79 Å². The number of halogens is 1. The van der Waals surface area contributed by atoms with E-state index >= 15 is 0 Å². The summed E-state index contributed by atoms with van der Waals surface area (Å²) in [6.45, 7) is 3.04. The molecule has 220 valence electrons. The lowest BCUT2D eigenvalue weighted by Gasteiger charge is -2.45. The number of ether oxygens (including phenoxy) is 1. The number of hydrogen-bond donors (Lipinski definition) is 2. The number of rotatable bonds is 7. The lowest BCUT2D eigenvalue weighted by molar-refractivity contribution is -0.161. The first kappa shape index (κ1) is 28.6. The van der Waals surface area contributed by atoms with Crippen LogP contribution in [-0.4, -0.2) is 47.1 Å². The quantitative estimate of drug-likeness (QED) is 0.241. The first-order chi connectivity index (χ1) is 20.7. The van der Waals surface area contributed by atoms with E-state index in [1.54, 1.807) is 12.1 Å². The van der Waals surface area contributed by atoms with Gasteiger partial charge in [0, 0.05) is 11.8 Å². The molecule has 9 nitrogen and oxygen atoms in total. The fourth-order valence-corrected chi connectivity index (χ4v) is 7.09. The molecular formula is C33H30ClN3O6. The van der Waals surface area contributed by atoms with E-state index in [4.69, 9.17) is 16.3 Å². The van der Waals surface area contributed by atoms with Crippen LogP contribution in [0.4, 0.5) is 0 Å². The van der Waals surface area contributed by atoms with Gasteiger partial charge in [0.1, 0.15) is 6.04 Å². The number of benzene rings is 3. The smallest absolute Gasteiger partial charge is 0.329 e. The maximum absolute atomic E-state index is 14.1. The maximum atomic E-state index is 14.1. The molecule has 7 rings (SSSR count). The van der Waals surface area contributed by atoms with E-state index in [-0.39, 0.29) is 34.8 Å². The molecule has 1 aliphatic heterocycles. The minimum absolute atomic E-state index is 0.0596. The molecule has 1 saturated heterocycles. The van der Waals surface area contributed by atoms with Crippen molar-refractivity contribution in [1.82, 2.24) is 15.8 Å². The van der Waals surface area contributed by atoms with Crippen molar-refractivity contribution in [3.63, 3.8) is 0 Å². The van der Waals surface area contributed by atoms with Gasteiger partial charge in [-0.3, -0.25) is 34.9 Å². The van der Waals surface area contributed by atoms with Crippen LogP contribution in [0.25, 0.3) is 0 Å². The van der Waals surface area contributed by atoms with Gasteiger partial charge in [-0.05, 0) is 46.7 Å². The molecule has 10 heteroatoms. The van der Waals surface area contributed by atoms with E-state index in [0.29, 0.717) is 0 Å². The lowest BCUT2D eigenvalue weighted by Crippen LogP contribution is -2.48. The van der Waals surface area contributed by atoms with Crippen molar-refractivity contribution in [2.24, 2.45) is 17.8 Å². The third-order valence-corrected chi connectivity index (χ3v) is 8.87. The van der Waals surface area contributed by atoms with Crippen LogP contribution < -0.4 is 10.9 Å². The number of nitrogens with zero attached hydrogens (tertiary/aromatic N) is 1. The lowest BCUT2D eigenvalue weighted by atomic mass is 9.55. The van der Waals surface area contributed by atoms with Crippen molar-refractivity contribution >= 4 is 41.2 Å². The van der Waals surface area contributed by atoms with Crippen LogP contribution in [0.5, 0.6) is 0 Å². The van der Waals surface area contributed by atoms with Crippen LogP contribution in [-0.2, 0) is 23.9 Å². The van der Waals surface area contributed by atoms with Gasteiger partial charge in [0.25, 0.3) is 11.8 Å². The van der Waals surface area contributed by atoms with Gasteiger partial charge < -0.3 is 4.74 Å². The molecule has 2 N–H and O–H groups in total. The summed E-state index contributed by atoms with van der Waals surface area (Å²) in [6.07, 6.45) is 0.176. The fraction of sp³-hybridized carbons (Fsp3) is 0.303. The first-order valence-corrected chi connectivity index (χ1v) is 14.6. The predicted molar refractivity (Wildman–Crippen MR) is 157 cm³/mol. The summed E-state index contributed by atoms with van der Waals surface area (Å²) in [4.78, 5) is 67.5. The van der Waals surface area contributed by atoms with Gasteiger partial charge in [0.15, 0.2) is 6.61 Å². The molecule has 3 aromatic carbocycles. The summed E-state index contributed by atoms with van der Waals surface area (Å²) < 4.78 is 5.31. The van der Waals surface area contributed by atoms with E-state index in [9.17, 15) is 24.0 Å². The summed E-state index contributed by atoms with van der Waals surface area (Å²) in [5, 5.41) is 0.206. The molecule has 3 aromatic rings. The maximum Gasteiger partial charge on any atom is 0.329 e. The number of nitrogens with one attached hydrogen (secondary N) is 2. The Bertz CT molecular complexity index is 1540. The largest absolute Gasteiger partial charge is 0.454 e. The van der Waals surface area contributed by atoms with Crippen LogP contribution in [0.1, 0.15) is 64.7 Å². The van der Waals surface area contributed by atoms with Crippen molar-refractivity contribution in [2.75, 3.05) is 6.61 Å². The average Bonchev–Trinajstić information content (AvgIpc) is 3.27. The molecule has 0 aromatic heterocycles. The van der Waals surface area contributed by atoms with Crippen molar-refractivity contribution in [3.8, 4) is 0 Å². The highest BCUT2D eigenvalue weighted by Crippen LogP contribution is 2.61. The van der Waals surface area contributed by atoms with Crippen LogP contribution in [0.2, 0.25) is 5.02 Å². The van der Waals surface area contributed by atoms with E-state index in [0.717, 1.165) is 27.2 Å². The minimum Gasteiger partial charge on any atom is -0.454 e. The highest BCUT2D eigenvalue weighted by Gasteiger charge is 2.63. The SMILES string of the molecule is CC(C)C[C@@H](C(=O)OCC(=O)NNC(=O)c1ccccc1Cl)N1C(=O)[C@@H]2C3c4ccccc4C(c4ccccc43)[C@@H]2C1=O. The second kappa shape index (κ2) is 11.3. The Labute approximate surface area is 253 Å². The van der Waals surface area contributed by atoms with Gasteiger partial charge in [-0.15, -0.1) is 0 Å². The van der Waals surface area contributed by atoms with Crippen LogP contribution in [0.15, 0.2) is 72.8 Å². The predicted octanol–water partition coefficient (Wildman–Crippen LogP) is 3.95. The summed E-state index contributed by atoms with van der Waals surface area (Å²) >= 11 is 6.02. The Morgan fingerprint density at radius 2 is 1.28 bits per heavy atom. The highest BCUT2D eigenvalue weighted by atomic mass is 35.5. The number of carbonyl (C=O) groups excluding carboxylic acids is 5. The van der Waals surface area contributed by atoms with Gasteiger partial charge in [-0.2, -0.15) is 0 Å². The molecule has 1 heterocycles. The Morgan fingerprint density at radius 3 is 1.77 bits per heavy atom. The molecule has 43 heavy (non-hydrogen) atoms. The molecule has 1 fully saturated rings. The summed E-state index contributed by atoms with van der Waals surface area (Å²) in [5.74, 6) is -5.01. The normalized spacial score (nSPS) is 22.0. The molecule has 2 bridgehead atoms. The zero-order valence-corrected chi connectivity index (χ0v) is 24.3. The number of amides is 4. The molecular weight excluding hydrogens is 570 g/mol. The Kier molecular flexibility index (Phi) is 7.52. The Morgan fingerprint density at radius 1 is 0.791 bits per heavy atom. The number of imide groups is 1. The molecule has 3 atom stereocenters. The molecule has 0 unspecified atom stereocenters. The monoisotopic (exact) mass is 599 g/mol. The molecule has 0 spiro atoms. The molecule has 0 saturated carbocycles. The second-order valence-electron chi connectivity index (χ2n) is 11.5. The van der Waals surface area contributed by atoms with Gasteiger partial charge in [-0.1, -0.05) is 86.1 Å². The van der Waals surface area contributed by atoms with E-state index < -0.39 is 54.1 Å². The molecule has 0 radical (unpaired) electrons. The number of esters is 1. The van der Waals surface area contributed by atoms with Crippen molar-refractivity contribution in [3.05, 3.63) is 106 Å². The third-order valence-electron chi connectivity index (χ3n) is 8.54. The second-order valence-corrected chi connectivity index (χ2v) is 12.0. The van der Waals surface area contributed by atoms with Crippen LogP contribution >= 0.6 is 11.6 Å². The number of carbonyl (C=O) groups is 5. The summed E-state index contributed by atoms with van der Waals surface area (Å²) in [5.41, 5.74) is 8.72. The summed E-state index contributed by atoms with van der Waals surface area (Å²) in [6, 6.07) is 21.0. The van der Waals surface area contributed by atoms with Crippen molar-refractivity contribution in [1.29, 1.82) is 0 Å². The van der Waals surface area contributed by atoms with E-state index in [2.05, 4.69) is 10.9 Å². The molecule has 4 aliphatic rings. The third kappa shape index (κ3) is 4.87. The number of hydrazine groups is 1. The van der Waals surface area contributed by atoms with E-state index in [1.165, 1.54) is 12.1 Å². The van der Waals surface area contributed by atoms with Crippen molar-refractivity contribution in [2.45, 2.75) is 38.1 Å². The topological polar surface area (TPSA) is 122 Å². The van der Waals surface area contributed by atoms with Gasteiger partial charge in [0.2, 0.25) is 11.8 Å². The molecule has 4 amide bonds. The first-order valence-electron chi connectivity index (χ1n) is 14.2. The zero-order valence-electron chi connectivity index (χ0n) is 23.6. The Balaban J connectivity index is 1.20. The van der Waals surface area contributed by atoms with Crippen LogP contribution in [0.3, 0.4) is 0 Å². The van der Waals surface area contributed by atoms with Crippen LogP contribution in [0, 0.1) is 17.8 Å². The highest BCUT2D eigenvalue weighted by molar-refractivity contribution is 6.33. The number of hydrogen-bond acceptors (Lipinski definition) is 6. The van der Waals surface area contributed by atoms with Gasteiger partial charge in [0.05, 0.1) is 22.4 Å². The minimum atomic E-state index is -1.19. The number of likely N-dealkylation sites (tertiary alicyclic amines) is 1. The summed E-state index contributed by atoms with van der Waals surface area (Å²) in [7, 11) is 0. The zero-order chi connectivity index (χ0) is 30.4. The molecule has 3 aliphatic carbocycles. The van der Waals surface area contributed by atoms with Gasteiger partial charge >= 0.3 is 5.97 Å². The fourth-order valence-electron chi connectivity index (χ4n) is 6.87. The standard InChI is InChI=1S/C33H30ClN3O6/c1-17(2)15-24(33(42)43-16-25(38)35-36-30(39)22-13-7-8-14-23(22)34)37-31(40)28-26-18-9-3-4-10-19(18)27(29(28)32(37)41)21-12-6-5-11-20(21)26/h3-14,17,24,26-29H,15-16H2,1-2H3,(H,35,38)(H,36,39)/t24-,26?,27?,28-,29+/m0/s1.